The molecule has 42 heavy (non-hydrogen) atoms. The third-order valence-electron chi connectivity index (χ3n) is 9.81. The number of hydrogen-bond acceptors (Lipinski definition) is 0. The normalized spacial score (nSPS) is 13.2. The molecular formula is C38H22BN3. The summed E-state index contributed by atoms with van der Waals surface area (Å²) in [5, 5.41) is 6.60. The van der Waals surface area contributed by atoms with Crippen molar-refractivity contribution < 1.29 is 0 Å². The molecule has 9 aromatic rings. The van der Waals surface area contributed by atoms with E-state index in [0.717, 1.165) is 0 Å². The molecule has 4 heteroatoms. The molecule has 0 radical (unpaired) electrons. The molecule has 0 aliphatic carbocycles. The van der Waals surface area contributed by atoms with Gasteiger partial charge in [-0.05, 0) is 64.2 Å². The lowest BCUT2D eigenvalue weighted by Gasteiger charge is -2.32. The summed E-state index contributed by atoms with van der Waals surface area (Å²) in [5.74, 6) is 1.25. The van der Waals surface area contributed by atoms with Gasteiger partial charge in [0.25, 0.3) is 6.71 Å². The van der Waals surface area contributed by atoms with Gasteiger partial charge in [0, 0.05) is 32.9 Å². The highest BCUT2D eigenvalue weighted by Gasteiger charge is 2.43. The summed E-state index contributed by atoms with van der Waals surface area (Å²) in [4.78, 5) is 0. The van der Waals surface area contributed by atoms with Crippen molar-refractivity contribution in [1.29, 1.82) is 0 Å². The zero-order chi connectivity index (χ0) is 27.1. The lowest BCUT2D eigenvalue weighted by Crippen LogP contribution is -2.59. The van der Waals surface area contributed by atoms with Crippen LogP contribution in [0.5, 0.6) is 0 Å². The van der Waals surface area contributed by atoms with Gasteiger partial charge in [0.15, 0.2) is 0 Å². The molecule has 2 aliphatic heterocycles. The second-order valence-corrected chi connectivity index (χ2v) is 11.7. The molecule has 0 saturated heterocycles. The molecule has 11 rings (SSSR count). The Morgan fingerprint density at radius 3 is 1.69 bits per heavy atom. The maximum Gasteiger partial charge on any atom is 0.255 e. The minimum Gasteiger partial charge on any atom is -0.310 e. The van der Waals surface area contributed by atoms with Crippen molar-refractivity contribution in [1.82, 2.24) is 13.7 Å². The average molecular weight is 531 g/mol. The van der Waals surface area contributed by atoms with E-state index in [-0.39, 0.29) is 6.71 Å². The Morgan fingerprint density at radius 1 is 0.405 bits per heavy atom. The minimum absolute atomic E-state index is 0.117. The third kappa shape index (κ3) is 2.28. The summed E-state index contributed by atoms with van der Waals surface area (Å²) in [7, 11) is 0. The van der Waals surface area contributed by atoms with E-state index in [4.69, 9.17) is 0 Å². The van der Waals surface area contributed by atoms with E-state index in [1.54, 1.807) is 0 Å². The number of aromatic nitrogens is 3. The van der Waals surface area contributed by atoms with Gasteiger partial charge in [0.1, 0.15) is 5.82 Å². The molecule has 0 unspecified atom stereocenters. The van der Waals surface area contributed by atoms with Crippen LogP contribution in [-0.2, 0) is 0 Å². The molecule has 6 aromatic carbocycles. The van der Waals surface area contributed by atoms with E-state index >= 15 is 0 Å². The first-order valence-corrected chi connectivity index (χ1v) is 14.7. The molecule has 0 atom stereocenters. The van der Waals surface area contributed by atoms with E-state index in [2.05, 4.69) is 147 Å². The number of para-hydroxylation sites is 5. The number of hydrogen-bond donors (Lipinski definition) is 0. The Morgan fingerprint density at radius 2 is 0.952 bits per heavy atom. The molecule has 3 aromatic heterocycles. The van der Waals surface area contributed by atoms with Crippen molar-refractivity contribution in [2.24, 2.45) is 0 Å². The Hall–Kier alpha value is -5.48. The van der Waals surface area contributed by atoms with Gasteiger partial charge in [-0.15, -0.1) is 0 Å². The molecule has 0 N–H and O–H groups in total. The smallest absolute Gasteiger partial charge is 0.255 e. The number of nitrogens with zero attached hydrogens (tertiary/aromatic N) is 3. The van der Waals surface area contributed by atoms with E-state index in [9.17, 15) is 0 Å². The summed E-state index contributed by atoms with van der Waals surface area (Å²) in [6.07, 6.45) is 0. The van der Waals surface area contributed by atoms with Crippen LogP contribution < -0.4 is 16.4 Å². The second-order valence-electron chi connectivity index (χ2n) is 11.7. The van der Waals surface area contributed by atoms with E-state index in [1.807, 2.05) is 0 Å². The van der Waals surface area contributed by atoms with Crippen LogP contribution in [0.15, 0.2) is 133 Å². The zero-order valence-corrected chi connectivity index (χ0v) is 22.6. The zero-order valence-electron chi connectivity index (χ0n) is 22.6. The molecule has 3 nitrogen and oxygen atoms in total. The summed E-state index contributed by atoms with van der Waals surface area (Å²) in [5.41, 5.74) is 13.1. The van der Waals surface area contributed by atoms with Gasteiger partial charge in [-0.2, -0.15) is 0 Å². The fourth-order valence-corrected chi connectivity index (χ4v) is 8.34. The molecule has 0 bridgehead atoms. The number of fused-ring (bicyclic) bond motifs is 14. The predicted octanol–water partition coefficient (Wildman–Crippen LogP) is 6.97. The van der Waals surface area contributed by atoms with Gasteiger partial charge in [0.05, 0.1) is 27.6 Å². The van der Waals surface area contributed by atoms with Crippen molar-refractivity contribution in [3.8, 4) is 17.2 Å². The lowest BCUT2D eigenvalue weighted by molar-refractivity contribution is 1.01. The van der Waals surface area contributed by atoms with E-state index < -0.39 is 0 Å². The first kappa shape index (κ1) is 21.3. The van der Waals surface area contributed by atoms with Gasteiger partial charge < -0.3 is 4.57 Å². The lowest BCUT2D eigenvalue weighted by atomic mass is 9.34. The van der Waals surface area contributed by atoms with E-state index in [0.29, 0.717) is 0 Å². The molecule has 0 spiro atoms. The highest BCUT2D eigenvalue weighted by molar-refractivity contribution is 7.01. The van der Waals surface area contributed by atoms with Crippen LogP contribution in [0.4, 0.5) is 0 Å². The van der Waals surface area contributed by atoms with Crippen LogP contribution in [0, 0.1) is 0 Å². The predicted molar refractivity (Wildman–Crippen MR) is 177 cm³/mol. The molecule has 0 saturated carbocycles. The average Bonchev–Trinajstić information content (AvgIpc) is 3.69. The quantitative estimate of drug-likeness (QED) is 0.203. The molecule has 0 fully saturated rings. The maximum absolute atomic E-state index is 2.58. The van der Waals surface area contributed by atoms with Crippen molar-refractivity contribution in [2.45, 2.75) is 0 Å². The van der Waals surface area contributed by atoms with Crippen molar-refractivity contribution in [2.75, 3.05) is 0 Å². The molecule has 2 aliphatic rings. The fourth-order valence-electron chi connectivity index (χ4n) is 8.34. The summed E-state index contributed by atoms with van der Waals surface area (Å²) >= 11 is 0. The number of benzene rings is 6. The van der Waals surface area contributed by atoms with Crippen LogP contribution in [0.25, 0.3) is 71.7 Å². The largest absolute Gasteiger partial charge is 0.310 e. The Kier molecular flexibility index (Phi) is 3.67. The molecule has 0 amide bonds. The topological polar surface area (TPSA) is 14.8 Å². The summed E-state index contributed by atoms with van der Waals surface area (Å²) in [6, 6.07) is 49.3. The van der Waals surface area contributed by atoms with Crippen molar-refractivity contribution >= 4 is 77.6 Å². The Labute approximate surface area is 241 Å². The fraction of sp³-hybridized carbons (Fsp3) is 0. The van der Waals surface area contributed by atoms with Crippen LogP contribution in [0.1, 0.15) is 0 Å². The van der Waals surface area contributed by atoms with Gasteiger partial charge in [-0.3, -0.25) is 9.13 Å². The first-order valence-electron chi connectivity index (χ1n) is 14.7. The summed E-state index contributed by atoms with van der Waals surface area (Å²) < 4.78 is 7.61. The van der Waals surface area contributed by atoms with Crippen LogP contribution in [0.3, 0.4) is 0 Å². The Balaban J connectivity index is 1.50. The van der Waals surface area contributed by atoms with Gasteiger partial charge in [0.2, 0.25) is 0 Å². The van der Waals surface area contributed by atoms with Crippen molar-refractivity contribution in [3.63, 3.8) is 0 Å². The SMILES string of the molecule is c1ccc(-n2c3c(c4ccccc42)B2c4ccccc4-n4c5ccccc5c5cc6c7ccccc7n-3c6c2c54)cc1. The second kappa shape index (κ2) is 7.23. The minimum atomic E-state index is 0.117. The molecule has 5 heterocycles. The summed E-state index contributed by atoms with van der Waals surface area (Å²) in [6.45, 7) is 0.117. The highest BCUT2D eigenvalue weighted by Crippen LogP contribution is 2.43. The standard InChI is InChI=1S/C38H22BN3/c1-2-12-23(13-3-1)40-32-20-10-6-16-26(32)34-38(40)42-31-19-9-5-15-25(31)28-22-27-24-14-4-8-18-30(24)41-33-21-11-7-17-29(33)39(34)35(36(27)41)37(28)42/h1-22H. The van der Waals surface area contributed by atoms with Crippen LogP contribution in [0.2, 0.25) is 0 Å². The van der Waals surface area contributed by atoms with Gasteiger partial charge in [-0.1, -0.05) is 91.0 Å². The number of rotatable bonds is 1. The molecule has 192 valence electrons. The monoisotopic (exact) mass is 531 g/mol. The third-order valence-corrected chi connectivity index (χ3v) is 9.81. The van der Waals surface area contributed by atoms with E-state index in [1.165, 1.54) is 88.1 Å². The highest BCUT2D eigenvalue weighted by atomic mass is 15.2. The van der Waals surface area contributed by atoms with Gasteiger partial charge in [-0.25, -0.2) is 0 Å². The first-order chi connectivity index (χ1) is 20.9. The van der Waals surface area contributed by atoms with Crippen molar-refractivity contribution in [3.05, 3.63) is 133 Å². The van der Waals surface area contributed by atoms with Crippen LogP contribution >= 0.6 is 0 Å². The maximum atomic E-state index is 2.58. The molecular weight excluding hydrogens is 509 g/mol. The Bertz CT molecular complexity index is 2630. The van der Waals surface area contributed by atoms with Crippen LogP contribution in [-0.4, -0.2) is 20.4 Å². The van der Waals surface area contributed by atoms with Gasteiger partial charge >= 0.3 is 0 Å².